The van der Waals surface area contributed by atoms with Gasteiger partial charge in [-0.05, 0) is 43.9 Å². The third-order valence-corrected chi connectivity index (χ3v) is 14.2. The molecular formula is C24H42N4O16P4. The van der Waals surface area contributed by atoms with Crippen LogP contribution >= 0.6 is 30.4 Å². The maximum Gasteiger partial charge on any atom is 0.342 e. The Kier molecular flexibility index (Phi) is 17.0. The van der Waals surface area contributed by atoms with E-state index in [1.807, 2.05) is 0 Å². The zero-order valence-corrected chi connectivity index (χ0v) is 29.6. The Morgan fingerprint density at radius 3 is 1.19 bits per heavy atom. The van der Waals surface area contributed by atoms with Crippen LogP contribution < -0.4 is 10.6 Å². The second-order valence-corrected chi connectivity index (χ2v) is 18.8. The molecule has 0 aliphatic heterocycles. The molecule has 0 radical (unpaired) electrons. The molecule has 0 aliphatic rings. The monoisotopic (exact) mass is 766 g/mol. The number of hydrogen-bond donors (Lipinski definition) is 10. The van der Waals surface area contributed by atoms with E-state index >= 15 is 0 Å². The maximum absolute atomic E-state index is 12.6. The van der Waals surface area contributed by atoms with E-state index in [4.69, 9.17) is 0 Å². The highest BCUT2D eigenvalue weighted by Crippen LogP contribution is 2.60. The number of nitrogens with one attached hydrogen (secondary N) is 2. The molecule has 0 unspecified atom stereocenters. The van der Waals surface area contributed by atoms with E-state index < -0.39 is 77.9 Å². The fourth-order valence-electron chi connectivity index (χ4n) is 4.23. The molecule has 274 valence electrons. The summed E-state index contributed by atoms with van der Waals surface area (Å²) in [6.45, 7) is 0.451. The zero-order valence-electron chi connectivity index (χ0n) is 26.1. The lowest BCUT2D eigenvalue weighted by molar-refractivity contribution is -0.129. The molecule has 48 heavy (non-hydrogen) atoms. The van der Waals surface area contributed by atoms with Gasteiger partial charge in [-0.25, -0.2) is 0 Å². The molecule has 0 aromatic heterocycles. The highest BCUT2D eigenvalue weighted by molar-refractivity contribution is 7.71. The molecule has 0 saturated heterocycles. The van der Waals surface area contributed by atoms with E-state index in [-0.39, 0.29) is 63.0 Å². The molecular weight excluding hydrogens is 724 g/mol. The van der Waals surface area contributed by atoms with Crippen LogP contribution in [-0.2, 0) is 27.8 Å². The largest absolute Gasteiger partial charge is 0.352 e. The molecule has 0 heterocycles. The summed E-state index contributed by atoms with van der Waals surface area (Å²) in [5.74, 6) is -2.39. The van der Waals surface area contributed by atoms with Crippen molar-refractivity contribution in [1.82, 2.24) is 20.4 Å². The molecule has 1 aromatic rings. The van der Waals surface area contributed by atoms with Gasteiger partial charge in [0.1, 0.15) is 0 Å². The van der Waals surface area contributed by atoms with Gasteiger partial charge in [0.15, 0.2) is 10.8 Å². The standard InChI is InChI=1S/C24H42N4O16P4/c1-17(29)27(15-21(45(33,34)35)46(36,37)38)12-5-3-10-25-23(31)19-8-7-9-20(14-19)24(32)26-11-4-6-13-28(18(2)30)16-22(47(39,40)41)48(42,43)44/h7-9,14,21-22H,3-6,10-13,15-16H2,1-2H3,(H,25,31)(H,26,32)(H2,33,34,35)(H2,36,37,38)(H2,39,40,41)(H2,42,43,44). The first kappa shape index (κ1) is 43.7. The molecule has 0 bridgehead atoms. The summed E-state index contributed by atoms with van der Waals surface area (Å²) >= 11 is 0. The molecule has 24 heteroatoms. The summed E-state index contributed by atoms with van der Waals surface area (Å²) in [4.78, 5) is 125. The molecule has 0 atom stereocenters. The van der Waals surface area contributed by atoms with Crippen molar-refractivity contribution in [2.75, 3.05) is 39.3 Å². The van der Waals surface area contributed by atoms with Crippen LogP contribution in [-0.4, -0.2) is 123 Å². The number of carbonyl (C=O) groups excluding carboxylic acids is 4. The van der Waals surface area contributed by atoms with Crippen molar-refractivity contribution in [2.45, 2.75) is 50.3 Å². The Balaban J connectivity index is 2.60. The lowest BCUT2D eigenvalue weighted by Gasteiger charge is -2.27. The highest BCUT2D eigenvalue weighted by atomic mass is 31.2. The molecule has 1 rings (SSSR count). The first-order valence-corrected chi connectivity index (χ1v) is 21.0. The SMILES string of the molecule is CC(=O)N(CCCCNC(=O)c1cccc(C(=O)NCCCCN(CC(P(=O)(O)O)P(=O)(O)O)C(C)=O)c1)CC(P(=O)(O)O)P(=O)(O)O. The van der Waals surface area contributed by atoms with Crippen molar-refractivity contribution >= 4 is 54.0 Å². The Morgan fingerprint density at radius 1 is 0.604 bits per heavy atom. The van der Waals surface area contributed by atoms with Crippen LogP contribution in [0.25, 0.3) is 0 Å². The summed E-state index contributed by atoms with van der Waals surface area (Å²) in [5, 5.41) is 0.498. The van der Waals surface area contributed by atoms with Gasteiger partial charge in [0, 0.05) is 64.2 Å². The van der Waals surface area contributed by atoms with Crippen molar-refractivity contribution in [2.24, 2.45) is 0 Å². The fourth-order valence-corrected chi connectivity index (χ4v) is 9.01. The van der Waals surface area contributed by atoms with Gasteiger partial charge in [-0.15, -0.1) is 0 Å². The third-order valence-electron chi connectivity index (χ3n) is 6.88. The lowest BCUT2D eigenvalue weighted by atomic mass is 10.1. The number of hydrogen-bond acceptors (Lipinski definition) is 8. The molecule has 20 nitrogen and oxygen atoms in total. The molecule has 0 fully saturated rings. The number of amides is 4. The summed E-state index contributed by atoms with van der Waals surface area (Å²) in [6, 6.07) is 5.70. The molecule has 1 aromatic carbocycles. The second kappa shape index (κ2) is 18.6. The Bertz CT molecular complexity index is 1340. The predicted molar refractivity (Wildman–Crippen MR) is 170 cm³/mol. The smallest absolute Gasteiger partial charge is 0.342 e. The third kappa shape index (κ3) is 15.5. The minimum Gasteiger partial charge on any atom is -0.352 e. The van der Waals surface area contributed by atoms with Crippen LogP contribution in [0.15, 0.2) is 24.3 Å². The average molecular weight is 767 g/mol. The normalized spacial score (nSPS) is 12.6. The highest BCUT2D eigenvalue weighted by Gasteiger charge is 2.45. The Labute approximate surface area is 275 Å². The number of benzene rings is 1. The van der Waals surface area contributed by atoms with Crippen LogP contribution in [0.1, 0.15) is 60.2 Å². The number of carbonyl (C=O) groups is 4. The Morgan fingerprint density at radius 2 is 0.917 bits per heavy atom. The topological polar surface area (TPSA) is 329 Å². The van der Waals surface area contributed by atoms with Crippen molar-refractivity contribution in [3.63, 3.8) is 0 Å². The van der Waals surface area contributed by atoms with E-state index in [1.165, 1.54) is 24.3 Å². The van der Waals surface area contributed by atoms with Crippen molar-refractivity contribution in [3.05, 3.63) is 35.4 Å². The van der Waals surface area contributed by atoms with Gasteiger partial charge in [0.2, 0.25) is 11.8 Å². The van der Waals surface area contributed by atoms with E-state index in [0.29, 0.717) is 0 Å². The van der Waals surface area contributed by atoms with Crippen LogP contribution in [0.2, 0.25) is 0 Å². The van der Waals surface area contributed by atoms with Gasteiger partial charge in [0.25, 0.3) is 11.8 Å². The van der Waals surface area contributed by atoms with E-state index in [2.05, 4.69) is 10.6 Å². The Hall–Kier alpha value is -2.30. The first-order chi connectivity index (χ1) is 21.9. The van der Waals surface area contributed by atoms with Crippen molar-refractivity contribution < 1.29 is 76.6 Å². The average Bonchev–Trinajstić information content (AvgIpc) is 2.92. The maximum atomic E-state index is 12.6. The van der Waals surface area contributed by atoms with Gasteiger partial charge >= 0.3 is 30.4 Å². The van der Waals surface area contributed by atoms with Crippen molar-refractivity contribution in [1.29, 1.82) is 0 Å². The minimum absolute atomic E-state index is 0.0918. The number of nitrogens with zero attached hydrogens (tertiary/aromatic N) is 2. The number of rotatable bonds is 20. The van der Waals surface area contributed by atoms with Crippen molar-refractivity contribution in [3.8, 4) is 0 Å². The minimum atomic E-state index is -5.22. The van der Waals surface area contributed by atoms with Crippen LogP contribution in [0.5, 0.6) is 0 Å². The molecule has 0 saturated carbocycles. The van der Waals surface area contributed by atoms with Crippen LogP contribution in [0, 0.1) is 0 Å². The van der Waals surface area contributed by atoms with Gasteiger partial charge < -0.3 is 59.6 Å². The molecule has 0 spiro atoms. The fraction of sp³-hybridized carbons (Fsp3) is 0.583. The predicted octanol–water partition coefficient (Wildman–Crippen LogP) is -0.233. The molecule has 0 aliphatic carbocycles. The van der Waals surface area contributed by atoms with Gasteiger partial charge in [-0.1, -0.05) is 6.07 Å². The molecule has 10 N–H and O–H groups in total. The van der Waals surface area contributed by atoms with E-state index in [0.717, 1.165) is 23.6 Å². The van der Waals surface area contributed by atoms with Gasteiger partial charge in [0.05, 0.1) is 0 Å². The summed E-state index contributed by atoms with van der Waals surface area (Å²) in [7, 11) is -20.9. The van der Waals surface area contributed by atoms with Crippen LogP contribution in [0.4, 0.5) is 0 Å². The lowest BCUT2D eigenvalue weighted by Crippen LogP contribution is -2.37. The zero-order chi connectivity index (χ0) is 37.1. The first-order valence-electron chi connectivity index (χ1n) is 14.2. The second-order valence-electron chi connectivity index (χ2n) is 10.8. The molecule has 4 amide bonds. The van der Waals surface area contributed by atoms with Crippen LogP contribution in [0.3, 0.4) is 0 Å². The van der Waals surface area contributed by atoms with Gasteiger partial charge in [-0.3, -0.25) is 37.4 Å². The number of unbranched alkanes of at least 4 members (excludes halogenated alkanes) is 2. The summed E-state index contributed by atoms with van der Waals surface area (Å²) in [5.41, 5.74) is 0.279. The van der Waals surface area contributed by atoms with E-state index in [9.17, 15) is 76.6 Å². The quantitative estimate of drug-likeness (QED) is 0.0605. The summed E-state index contributed by atoms with van der Waals surface area (Å²) in [6.07, 6.45) is 1.00. The van der Waals surface area contributed by atoms with Gasteiger partial charge in [-0.2, -0.15) is 0 Å². The van der Waals surface area contributed by atoms with E-state index in [1.54, 1.807) is 0 Å². The summed E-state index contributed by atoms with van der Waals surface area (Å²) < 4.78 is 46.1.